The van der Waals surface area contributed by atoms with Crippen molar-refractivity contribution in [2.75, 3.05) is 4.90 Å². The fraction of sp³-hybridized carbons (Fsp3) is 0. The molecule has 1 aromatic heterocycles. The van der Waals surface area contributed by atoms with Gasteiger partial charge >= 0.3 is 0 Å². The number of hydrogen-bond acceptors (Lipinski definition) is 3. The molecule has 1 fully saturated rings. The van der Waals surface area contributed by atoms with E-state index in [2.05, 4.69) is 10.3 Å². The highest BCUT2D eigenvalue weighted by Gasteiger charge is 2.31. The van der Waals surface area contributed by atoms with Crippen LogP contribution in [0.5, 0.6) is 0 Å². The average Bonchev–Trinajstić information content (AvgIpc) is 2.77. The molecule has 0 aliphatic carbocycles. The lowest BCUT2D eigenvalue weighted by molar-refractivity contribution is -0.113. The molecule has 1 saturated heterocycles. The molecule has 1 aliphatic heterocycles. The summed E-state index contributed by atoms with van der Waals surface area (Å²) in [6.07, 6.45) is 3.24. The van der Waals surface area contributed by atoms with Crippen LogP contribution < -0.4 is 10.2 Å². The van der Waals surface area contributed by atoms with Crippen molar-refractivity contribution in [3.8, 4) is 0 Å². The van der Waals surface area contributed by atoms with E-state index in [1.807, 2.05) is 30.3 Å². The molecular formula is C15H10ClN3OS. The Morgan fingerprint density at radius 1 is 1.19 bits per heavy atom. The number of aromatic nitrogens is 1. The Balaban J connectivity index is 1.96. The van der Waals surface area contributed by atoms with Crippen LogP contribution in [0.1, 0.15) is 5.56 Å². The first-order chi connectivity index (χ1) is 10.2. The summed E-state index contributed by atoms with van der Waals surface area (Å²) in [5, 5.41) is 3.59. The van der Waals surface area contributed by atoms with Gasteiger partial charge in [0.1, 0.15) is 10.9 Å². The lowest BCUT2D eigenvalue weighted by Crippen LogP contribution is -2.30. The van der Waals surface area contributed by atoms with Gasteiger partial charge in [-0.15, -0.1) is 0 Å². The van der Waals surface area contributed by atoms with Crippen molar-refractivity contribution < 1.29 is 4.79 Å². The van der Waals surface area contributed by atoms with Crippen LogP contribution in [0.15, 0.2) is 54.4 Å². The number of anilines is 1. The highest BCUT2D eigenvalue weighted by Crippen LogP contribution is 2.23. The predicted molar refractivity (Wildman–Crippen MR) is 86.9 cm³/mol. The quantitative estimate of drug-likeness (QED) is 0.526. The van der Waals surface area contributed by atoms with E-state index in [4.69, 9.17) is 23.8 Å². The molecule has 1 aliphatic rings. The number of pyridine rings is 1. The number of hydrogen-bond donors (Lipinski definition) is 1. The van der Waals surface area contributed by atoms with Crippen LogP contribution in [0.2, 0.25) is 5.15 Å². The van der Waals surface area contributed by atoms with Crippen LogP contribution in [0.25, 0.3) is 6.08 Å². The number of benzene rings is 1. The zero-order chi connectivity index (χ0) is 14.8. The van der Waals surface area contributed by atoms with Crippen molar-refractivity contribution in [3.05, 3.63) is 65.1 Å². The molecule has 1 amide bonds. The smallest absolute Gasteiger partial charge is 0.281 e. The van der Waals surface area contributed by atoms with Crippen LogP contribution >= 0.6 is 23.8 Å². The Kier molecular flexibility index (Phi) is 3.68. The zero-order valence-electron chi connectivity index (χ0n) is 10.8. The summed E-state index contributed by atoms with van der Waals surface area (Å²) in [6.45, 7) is 0. The van der Waals surface area contributed by atoms with Gasteiger partial charge in [-0.3, -0.25) is 9.69 Å². The summed E-state index contributed by atoms with van der Waals surface area (Å²) in [5.74, 6) is -0.217. The van der Waals surface area contributed by atoms with Crippen LogP contribution in [0, 0.1) is 0 Å². The van der Waals surface area contributed by atoms with Crippen molar-refractivity contribution in [2.24, 2.45) is 0 Å². The number of carbonyl (C=O) groups excluding carboxylic acids is 1. The Hall–Kier alpha value is -2.24. The van der Waals surface area contributed by atoms with Crippen molar-refractivity contribution in [3.63, 3.8) is 0 Å². The topological polar surface area (TPSA) is 45.2 Å². The van der Waals surface area contributed by atoms with Gasteiger partial charge in [-0.2, -0.15) is 0 Å². The molecule has 4 nitrogen and oxygen atoms in total. The van der Waals surface area contributed by atoms with Crippen LogP contribution in [-0.2, 0) is 4.79 Å². The molecule has 0 saturated carbocycles. The first-order valence-corrected chi connectivity index (χ1v) is 6.98. The van der Waals surface area contributed by atoms with E-state index in [9.17, 15) is 4.79 Å². The van der Waals surface area contributed by atoms with E-state index in [-0.39, 0.29) is 5.91 Å². The Labute approximate surface area is 132 Å². The minimum absolute atomic E-state index is 0.217. The van der Waals surface area contributed by atoms with Gasteiger partial charge in [0.15, 0.2) is 5.11 Å². The van der Waals surface area contributed by atoms with E-state index in [0.29, 0.717) is 21.5 Å². The third-order valence-corrected chi connectivity index (χ3v) is 3.58. The van der Waals surface area contributed by atoms with Gasteiger partial charge in [0.25, 0.3) is 5.91 Å². The summed E-state index contributed by atoms with van der Waals surface area (Å²) in [5.41, 5.74) is 1.76. The molecule has 0 spiro atoms. The molecule has 0 radical (unpaired) electrons. The van der Waals surface area contributed by atoms with Gasteiger partial charge in [0.05, 0.1) is 5.69 Å². The standard InChI is InChI=1S/C15H10ClN3OS/c16-13-10(5-4-8-17-13)9-12-14(20)19(15(21)18-12)11-6-2-1-3-7-11/h1-9H,(H,18,21)/b12-9+. The van der Waals surface area contributed by atoms with Crippen molar-refractivity contribution in [1.82, 2.24) is 10.3 Å². The first-order valence-electron chi connectivity index (χ1n) is 6.19. The maximum Gasteiger partial charge on any atom is 0.281 e. The summed E-state index contributed by atoms with van der Waals surface area (Å²) >= 11 is 11.2. The zero-order valence-corrected chi connectivity index (χ0v) is 12.4. The third kappa shape index (κ3) is 2.66. The molecule has 2 heterocycles. The molecule has 104 valence electrons. The Morgan fingerprint density at radius 2 is 1.95 bits per heavy atom. The van der Waals surface area contributed by atoms with Crippen molar-refractivity contribution in [2.45, 2.75) is 0 Å². The second-order valence-corrected chi connectivity index (χ2v) is 5.09. The third-order valence-electron chi connectivity index (χ3n) is 2.98. The van der Waals surface area contributed by atoms with Gasteiger partial charge < -0.3 is 5.32 Å². The van der Waals surface area contributed by atoms with Gasteiger partial charge in [0, 0.05) is 11.8 Å². The number of nitrogens with one attached hydrogen (secondary N) is 1. The van der Waals surface area contributed by atoms with E-state index in [1.165, 1.54) is 4.90 Å². The number of para-hydroxylation sites is 1. The normalized spacial score (nSPS) is 16.4. The van der Waals surface area contributed by atoms with Gasteiger partial charge in [-0.1, -0.05) is 35.9 Å². The second kappa shape index (κ2) is 5.63. The second-order valence-electron chi connectivity index (χ2n) is 4.35. The van der Waals surface area contributed by atoms with E-state index >= 15 is 0 Å². The fourth-order valence-electron chi connectivity index (χ4n) is 2.01. The van der Waals surface area contributed by atoms with Crippen LogP contribution in [-0.4, -0.2) is 16.0 Å². The molecule has 21 heavy (non-hydrogen) atoms. The maximum absolute atomic E-state index is 12.5. The molecule has 1 N–H and O–H groups in total. The van der Waals surface area contributed by atoms with Crippen LogP contribution in [0.4, 0.5) is 5.69 Å². The summed E-state index contributed by atoms with van der Waals surface area (Å²) in [6, 6.07) is 12.8. The summed E-state index contributed by atoms with van der Waals surface area (Å²) in [7, 11) is 0. The SMILES string of the molecule is O=C1/C(=C\c2cccnc2Cl)NC(=S)N1c1ccccc1. The van der Waals surface area contributed by atoms with E-state index < -0.39 is 0 Å². The molecule has 6 heteroatoms. The minimum Gasteiger partial charge on any atom is -0.327 e. The van der Waals surface area contributed by atoms with E-state index in [0.717, 1.165) is 5.69 Å². The van der Waals surface area contributed by atoms with E-state index in [1.54, 1.807) is 24.4 Å². The summed E-state index contributed by atoms with van der Waals surface area (Å²) < 4.78 is 0. The minimum atomic E-state index is -0.217. The number of carbonyl (C=O) groups is 1. The highest BCUT2D eigenvalue weighted by atomic mass is 35.5. The largest absolute Gasteiger partial charge is 0.327 e. The molecule has 3 rings (SSSR count). The van der Waals surface area contributed by atoms with Crippen molar-refractivity contribution >= 4 is 46.6 Å². The lowest BCUT2D eigenvalue weighted by Gasteiger charge is -2.13. The highest BCUT2D eigenvalue weighted by molar-refractivity contribution is 7.80. The molecule has 1 aromatic carbocycles. The first kappa shape index (κ1) is 13.7. The maximum atomic E-state index is 12.5. The molecule has 0 bridgehead atoms. The Bertz CT molecular complexity index is 746. The van der Waals surface area contributed by atoms with Crippen molar-refractivity contribution in [1.29, 1.82) is 0 Å². The molecular weight excluding hydrogens is 306 g/mol. The van der Waals surface area contributed by atoms with Gasteiger partial charge in [-0.05, 0) is 36.5 Å². The van der Waals surface area contributed by atoms with Crippen LogP contribution in [0.3, 0.4) is 0 Å². The van der Waals surface area contributed by atoms with Gasteiger partial charge in [0.2, 0.25) is 0 Å². The fourth-order valence-corrected chi connectivity index (χ4v) is 2.48. The number of halogens is 1. The Morgan fingerprint density at radius 3 is 2.67 bits per heavy atom. The number of thiocarbonyl (C=S) groups is 1. The average molecular weight is 316 g/mol. The number of nitrogens with zero attached hydrogens (tertiary/aromatic N) is 2. The molecule has 0 atom stereocenters. The predicted octanol–water partition coefficient (Wildman–Crippen LogP) is 3.00. The van der Waals surface area contributed by atoms with Gasteiger partial charge in [-0.25, -0.2) is 4.98 Å². The molecule has 2 aromatic rings. The number of rotatable bonds is 2. The lowest BCUT2D eigenvalue weighted by atomic mass is 10.2. The summed E-state index contributed by atoms with van der Waals surface area (Å²) in [4.78, 5) is 17.9. The monoisotopic (exact) mass is 315 g/mol. The number of amides is 1. The molecule has 0 unspecified atom stereocenters.